The molecule has 4 nitrogen and oxygen atoms in total. The van der Waals surface area contributed by atoms with Crippen LogP contribution in [0.15, 0.2) is 30.3 Å². The third-order valence-electron chi connectivity index (χ3n) is 4.15. The van der Waals surface area contributed by atoms with Crippen LogP contribution in [0.25, 0.3) is 0 Å². The summed E-state index contributed by atoms with van der Waals surface area (Å²) in [5.41, 5.74) is 0.343. The fraction of sp³-hybridized carbons (Fsp3) is 0.588. The molecule has 1 unspecified atom stereocenters. The lowest BCUT2D eigenvalue weighted by molar-refractivity contribution is -0.169. The second-order valence-electron chi connectivity index (χ2n) is 6.00. The van der Waals surface area contributed by atoms with E-state index in [2.05, 4.69) is 6.92 Å². The Hall–Kier alpha value is -1.39. The highest BCUT2D eigenvalue weighted by Crippen LogP contribution is 2.23. The molecule has 1 aromatic rings. The van der Waals surface area contributed by atoms with Gasteiger partial charge in [-0.25, -0.2) is 0 Å². The molecule has 0 amide bonds. The van der Waals surface area contributed by atoms with Gasteiger partial charge in [0.2, 0.25) is 0 Å². The summed E-state index contributed by atoms with van der Waals surface area (Å²) < 4.78 is 11.2. The Morgan fingerprint density at radius 1 is 1.38 bits per heavy atom. The molecule has 1 heterocycles. The Morgan fingerprint density at radius 2 is 2.10 bits per heavy atom. The maximum absolute atomic E-state index is 12.4. The van der Waals surface area contributed by atoms with Crippen molar-refractivity contribution in [2.75, 3.05) is 13.3 Å². The maximum atomic E-state index is 12.4. The summed E-state index contributed by atoms with van der Waals surface area (Å²) in [7, 11) is 0. The average molecular weight is 291 g/mol. The Bertz CT molecular complexity index is 450. The Kier molecular flexibility index (Phi) is 5.37. The van der Waals surface area contributed by atoms with Gasteiger partial charge in [0.05, 0.1) is 6.10 Å². The lowest BCUT2D eigenvalue weighted by atomic mass is 10.0. The second-order valence-corrected chi connectivity index (χ2v) is 6.00. The lowest BCUT2D eigenvalue weighted by Gasteiger charge is -2.40. The molecule has 2 rings (SSSR count). The third kappa shape index (κ3) is 4.05. The molecule has 1 aromatic carbocycles. The summed E-state index contributed by atoms with van der Waals surface area (Å²) >= 11 is 0. The topological polar surface area (TPSA) is 38.8 Å². The van der Waals surface area contributed by atoms with E-state index in [1.807, 2.05) is 49.1 Å². The molecule has 0 aromatic heterocycles. The molecule has 21 heavy (non-hydrogen) atoms. The molecule has 1 aliphatic heterocycles. The molecular weight excluding hydrogens is 266 g/mol. The van der Waals surface area contributed by atoms with Crippen molar-refractivity contribution in [3.8, 4) is 0 Å². The van der Waals surface area contributed by atoms with Gasteiger partial charge >= 0.3 is 5.97 Å². The van der Waals surface area contributed by atoms with Gasteiger partial charge in [-0.15, -0.1) is 0 Å². The molecule has 0 N–H and O–H groups in total. The molecule has 116 valence electrons. The van der Waals surface area contributed by atoms with Gasteiger partial charge in [-0.1, -0.05) is 37.3 Å². The van der Waals surface area contributed by atoms with Gasteiger partial charge in [0.25, 0.3) is 0 Å². The first-order valence-corrected chi connectivity index (χ1v) is 7.62. The highest BCUT2D eigenvalue weighted by atomic mass is 16.5. The average Bonchev–Trinajstić information content (AvgIpc) is 2.53. The van der Waals surface area contributed by atoms with Gasteiger partial charge < -0.3 is 9.47 Å². The van der Waals surface area contributed by atoms with Crippen LogP contribution in [-0.4, -0.2) is 35.8 Å². The standard InChI is InChI=1S/C17H25NO3/c1-4-15-10-11-18(13-21-15)17(2,3)16(19)20-12-14-8-6-5-7-9-14/h5-9,15H,4,10-13H2,1-3H3. The van der Waals surface area contributed by atoms with E-state index in [0.29, 0.717) is 19.4 Å². The van der Waals surface area contributed by atoms with E-state index >= 15 is 0 Å². The Labute approximate surface area is 127 Å². The smallest absolute Gasteiger partial charge is 0.326 e. The van der Waals surface area contributed by atoms with Crippen molar-refractivity contribution in [2.45, 2.75) is 51.9 Å². The number of benzene rings is 1. The van der Waals surface area contributed by atoms with E-state index in [0.717, 1.165) is 24.9 Å². The lowest BCUT2D eigenvalue weighted by Crippen LogP contribution is -2.55. The normalized spacial score (nSPS) is 20.2. The van der Waals surface area contributed by atoms with Gasteiger partial charge in [-0.05, 0) is 32.3 Å². The van der Waals surface area contributed by atoms with Crippen LogP contribution in [0.2, 0.25) is 0 Å². The quantitative estimate of drug-likeness (QED) is 0.782. The molecule has 0 aliphatic carbocycles. The van der Waals surface area contributed by atoms with E-state index in [9.17, 15) is 4.79 Å². The summed E-state index contributed by atoms with van der Waals surface area (Å²) in [5.74, 6) is -0.204. The number of ether oxygens (including phenoxy) is 2. The number of esters is 1. The van der Waals surface area contributed by atoms with E-state index in [-0.39, 0.29) is 5.97 Å². The number of hydrogen-bond acceptors (Lipinski definition) is 4. The summed E-state index contributed by atoms with van der Waals surface area (Å²) in [6.07, 6.45) is 2.30. The minimum Gasteiger partial charge on any atom is -0.459 e. The van der Waals surface area contributed by atoms with Crippen molar-refractivity contribution in [3.05, 3.63) is 35.9 Å². The summed E-state index contributed by atoms with van der Waals surface area (Å²) in [6, 6.07) is 9.74. The molecule has 0 spiro atoms. The second kappa shape index (κ2) is 7.05. The summed E-state index contributed by atoms with van der Waals surface area (Å²) in [4.78, 5) is 14.4. The molecular formula is C17H25NO3. The van der Waals surface area contributed by atoms with Gasteiger partial charge in [0.1, 0.15) is 18.9 Å². The van der Waals surface area contributed by atoms with Crippen molar-refractivity contribution < 1.29 is 14.3 Å². The van der Waals surface area contributed by atoms with Gasteiger partial charge in [-0.2, -0.15) is 0 Å². The molecule has 1 fully saturated rings. The van der Waals surface area contributed by atoms with Crippen LogP contribution in [0.1, 0.15) is 39.2 Å². The van der Waals surface area contributed by atoms with Gasteiger partial charge in [-0.3, -0.25) is 9.69 Å². The maximum Gasteiger partial charge on any atom is 0.326 e. The first-order chi connectivity index (χ1) is 10.0. The van der Waals surface area contributed by atoms with Crippen LogP contribution >= 0.6 is 0 Å². The number of carbonyl (C=O) groups excluding carboxylic acids is 1. The van der Waals surface area contributed by atoms with Crippen LogP contribution in [0.3, 0.4) is 0 Å². The predicted octanol–water partition coefficient (Wildman–Crippen LogP) is 2.97. The predicted molar refractivity (Wildman–Crippen MR) is 81.7 cm³/mol. The fourth-order valence-corrected chi connectivity index (χ4v) is 2.43. The zero-order chi connectivity index (χ0) is 15.3. The van der Waals surface area contributed by atoms with Crippen LogP contribution < -0.4 is 0 Å². The van der Waals surface area contributed by atoms with Crippen molar-refractivity contribution in [1.82, 2.24) is 4.90 Å². The number of hydrogen-bond donors (Lipinski definition) is 0. The Balaban J connectivity index is 1.88. The minimum absolute atomic E-state index is 0.204. The number of carbonyl (C=O) groups is 1. The summed E-state index contributed by atoms with van der Waals surface area (Å²) in [6.45, 7) is 7.60. The minimum atomic E-state index is -0.659. The van der Waals surface area contributed by atoms with Crippen LogP contribution in [0, 0.1) is 0 Å². The largest absolute Gasteiger partial charge is 0.459 e. The van der Waals surface area contributed by atoms with E-state index in [1.165, 1.54) is 0 Å². The van der Waals surface area contributed by atoms with Crippen LogP contribution in [-0.2, 0) is 20.9 Å². The van der Waals surface area contributed by atoms with Gasteiger partial charge in [0, 0.05) is 6.54 Å². The first kappa shape index (κ1) is 16.0. The molecule has 4 heteroatoms. The van der Waals surface area contributed by atoms with Crippen LogP contribution in [0.4, 0.5) is 0 Å². The highest BCUT2D eigenvalue weighted by Gasteiger charge is 2.38. The molecule has 0 saturated carbocycles. The fourth-order valence-electron chi connectivity index (χ4n) is 2.43. The third-order valence-corrected chi connectivity index (χ3v) is 4.15. The number of nitrogens with zero attached hydrogens (tertiary/aromatic N) is 1. The van der Waals surface area contributed by atoms with Crippen molar-refractivity contribution in [1.29, 1.82) is 0 Å². The van der Waals surface area contributed by atoms with E-state index < -0.39 is 5.54 Å². The van der Waals surface area contributed by atoms with Gasteiger partial charge in [0.15, 0.2) is 0 Å². The van der Waals surface area contributed by atoms with Crippen molar-refractivity contribution >= 4 is 5.97 Å². The van der Waals surface area contributed by atoms with E-state index in [4.69, 9.17) is 9.47 Å². The number of rotatable bonds is 5. The molecule has 1 saturated heterocycles. The molecule has 0 bridgehead atoms. The monoisotopic (exact) mass is 291 g/mol. The molecule has 1 atom stereocenters. The van der Waals surface area contributed by atoms with E-state index in [1.54, 1.807) is 0 Å². The SMILES string of the molecule is CCC1CCN(C(C)(C)C(=O)OCc2ccccc2)CO1. The Morgan fingerprint density at radius 3 is 2.67 bits per heavy atom. The zero-order valence-electron chi connectivity index (χ0n) is 13.2. The summed E-state index contributed by atoms with van der Waals surface area (Å²) in [5, 5.41) is 0. The van der Waals surface area contributed by atoms with Crippen molar-refractivity contribution in [3.63, 3.8) is 0 Å². The highest BCUT2D eigenvalue weighted by molar-refractivity contribution is 5.79. The van der Waals surface area contributed by atoms with Crippen molar-refractivity contribution in [2.24, 2.45) is 0 Å². The molecule has 1 aliphatic rings. The zero-order valence-corrected chi connectivity index (χ0v) is 13.2. The molecule has 0 radical (unpaired) electrons. The first-order valence-electron chi connectivity index (χ1n) is 7.62. The van der Waals surface area contributed by atoms with Crippen LogP contribution in [0.5, 0.6) is 0 Å².